The fourth-order valence-corrected chi connectivity index (χ4v) is 4.18. The number of anilines is 1. The second kappa shape index (κ2) is 9.57. The van der Waals surface area contributed by atoms with Crippen LogP contribution in [0.3, 0.4) is 0 Å². The zero-order valence-corrected chi connectivity index (χ0v) is 19.3. The van der Waals surface area contributed by atoms with E-state index in [4.69, 9.17) is 19.9 Å². The van der Waals surface area contributed by atoms with Crippen molar-refractivity contribution in [2.75, 3.05) is 26.2 Å². The predicted molar refractivity (Wildman–Crippen MR) is 128 cm³/mol. The Bertz CT molecular complexity index is 1420. The SMILES string of the molecule is COC(=O)C1=C(C(=O)OC)N(c2cccc3cc(OC)cnc23)C(N)=C(C#N)C1c1ccccc1. The molecule has 0 fully saturated rings. The number of pyridine rings is 1. The van der Waals surface area contributed by atoms with Gasteiger partial charge in [-0.1, -0.05) is 42.5 Å². The van der Waals surface area contributed by atoms with E-state index in [1.54, 1.807) is 48.5 Å². The number of aromatic nitrogens is 1. The number of hydrogen-bond donors (Lipinski definition) is 1. The number of allylic oxidation sites excluding steroid dienone is 1. The second-order valence-electron chi connectivity index (χ2n) is 7.56. The molecule has 9 nitrogen and oxygen atoms in total. The highest BCUT2D eigenvalue weighted by Gasteiger charge is 2.43. The molecular weight excluding hydrogens is 448 g/mol. The summed E-state index contributed by atoms with van der Waals surface area (Å²) in [7, 11) is 3.93. The predicted octanol–water partition coefficient (Wildman–Crippen LogP) is 3.14. The molecule has 0 radical (unpaired) electrons. The van der Waals surface area contributed by atoms with Gasteiger partial charge in [0, 0.05) is 5.39 Å². The van der Waals surface area contributed by atoms with Gasteiger partial charge in [0.2, 0.25) is 0 Å². The number of carbonyl (C=O) groups is 2. The monoisotopic (exact) mass is 470 g/mol. The zero-order chi connectivity index (χ0) is 25.1. The topological polar surface area (TPSA) is 128 Å². The highest BCUT2D eigenvalue weighted by Crippen LogP contribution is 2.44. The normalized spacial score (nSPS) is 15.6. The van der Waals surface area contributed by atoms with Crippen LogP contribution < -0.4 is 15.4 Å². The molecule has 2 heterocycles. The quantitative estimate of drug-likeness (QED) is 0.559. The third kappa shape index (κ3) is 3.91. The van der Waals surface area contributed by atoms with Crippen molar-refractivity contribution in [3.05, 3.63) is 89.0 Å². The first-order chi connectivity index (χ1) is 17.0. The summed E-state index contributed by atoms with van der Waals surface area (Å²) in [5.41, 5.74) is 7.86. The van der Waals surface area contributed by atoms with Gasteiger partial charge in [-0.15, -0.1) is 0 Å². The lowest BCUT2D eigenvalue weighted by molar-refractivity contribution is -0.139. The minimum Gasteiger partial charge on any atom is -0.495 e. The lowest BCUT2D eigenvalue weighted by Gasteiger charge is -2.36. The minimum absolute atomic E-state index is 0.0282. The van der Waals surface area contributed by atoms with Crippen LogP contribution in [0, 0.1) is 11.3 Å². The molecule has 0 saturated carbocycles. The summed E-state index contributed by atoms with van der Waals surface area (Å²) in [5.74, 6) is -2.05. The van der Waals surface area contributed by atoms with Crippen molar-refractivity contribution < 1.29 is 23.8 Å². The molecule has 35 heavy (non-hydrogen) atoms. The summed E-state index contributed by atoms with van der Waals surface area (Å²) in [6.45, 7) is 0. The number of methoxy groups -OCH3 is 3. The van der Waals surface area contributed by atoms with Crippen LogP contribution >= 0.6 is 0 Å². The van der Waals surface area contributed by atoms with E-state index >= 15 is 0 Å². The molecule has 3 aromatic rings. The lowest BCUT2D eigenvalue weighted by atomic mass is 9.81. The third-order valence-corrected chi connectivity index (χ3v) is 5.75. The smallest absolute Gasteiger partial charge is 0.355 e. The average molecular weight is 470 g/mol. The molecule has 1 aliphatic rings. The van der Waals surface area contributed by atoms with Crippen LogP contribution in [0.1, 0.15) is 11.5 Å². The van der Waals surface area contributed by atoms with E-state index in [2.05, 4.69) is 11.1 Å². The van der Waals surface area contributed by atoms with Crippen molar-refractivity contribution in [2.45, 2.75) is 5.92 Å². The van der Waals surface area contributed by atoms with E-state index in [0.29, 0.717) is 27.9 Å². The summed E-state index contributed by atoms with van der Waals surface area (Å²) < 4.78 is 15.4. The Morgan fingerprint density at radius 1 is 1.03 bits per heavy atom. The largest absolute Gasteiger partial charge is 0.495 e. The van der Waals surface area contributed by atoms with Gasteiger partial charge in [0.25, 0.3) is 0 Å². The number of para-hydroxylation sites is 1. The molecule has 0 aliphatic carbocycles. The van der Waals surface area contributed by atoms with Crippen LogP contribution in [-0.4, -0.2) is 38.3 Å². The fraction of sp³-hybridized carbons (Fsp3) is 0.154. The highest BCUT2D eigenvalue weighted by atomic mass is 16.5. The second-order valence-corrected chi connectivity index (χ2v) is 7.56. The summed E-state index contributed by atoms with van der Waals surface area (Å²) >= 11 is 0. The molecule has 2 aromatic carbocycles. The Balaban J connectivity index is 2.10. The molecular formula is C26H22N4O5. The van der Waals surface area contributed by atoms with Crippen LogP contribution in [0.25, 0.3) is 10.9 Å². The molecule has 1 atom stereocenters. The molecule has 2 N–H and O–H groups in total. The maximum atomic E-state index is 13.2. The first-order valence-corrected chi connectivity index (χ1v) is 10.5. The summed E-state index contributed by atoms with van der Waals surface area (Å²) in [4.78, 5) is 32.2. The standard InChI is InChI=1S/C26H22N4O5/c1-33-17-12-16-10-7-11-19(22(16)29-14-17)30-23(26(32)35-3)21(25(31)34-2)20(18(13-27)24(30)28)15-8-5-4-6-9-15/h4-12,14,20H,28H2,1-3H3. The van der Waals surface area contributed by atoms with Crippen molar-refractivity contribution in [1.29, 1.82) is 5.26 Å². The Kier molecular flexibility index (Phi) is 6.38. The summed E-state index contributed by atoms with van der Waals surface area (Å²) in [6.07, 6.45) is 1.52. The van der Waals surface area contributed by atoms with E-state index < -0.39 is 17.9 Å². The Morgan fingerprint density at radius 2 is 1.74 bits per heavy atom. The van der Waals surface area contributed by atoms with Crippen molar-refractivity contribution in [2.24, 2.45) is 5.73 Å². The minimum atomic E-state index is -0.943. The van der Waals surface area contributed by atoms with Crippen molar-refractivity contribution in [1.82, 2.24) is 4.98 Å². The van der Waals surface area contributed by atoms with E-state index in [0.717, 1.165) is 0 Å². The molecule has 0 spiro atoms. The fourth-order valence-electron chi connectivity index (χ4n) is 4.18. The number of hydrogen-bond acceptors (Lipinski definition) is 9. The molecule has 0 amide bonds. The number of nitrogens with two attached hydrogens (primary N) is 1. The number of benzene rings is 2. The molecule has 0 saturated heterocycles. The zero-order valence-electron chi connectivity index (χ0n) is 19.3. The van der Waals surface area contributed by atoms with E-state index in [1.165, 1.54) is 32.4 Å². The van der Waals surface area contributed by atoms with Gasteiger partial charge in [-0.2, -0.15) is 5.26 Å². The molecule has 1 unspecified atom stereocenters. The number of nitrogens with zero attached hydrogens (tertiary/aromatic N) is 3. The van der Waals surface area contributed by atoms with Gasteiger partial charge in [-0.3, -0.25) is 9.88 Å². The van der Waals surface area contributed by atoms with Crippen LogP contribution in [-0.2, 0) is 19.1 Å². The molecule has 1 aliphatic heterocycles. The summed E-state index contributed by atoms with van der Waals surface area (Å²) in [5, 5.41) is 10.9. The van der Waals surface area contributed by atoms with Gasteiger partial charge >= 0.3 is 11.9 Å². The number of esters is 2. The molecule has 176 valence electrons. The van der Waals surface area contributed by atoms with Gasteiger partial charge in [-0.25, -0.2) is 9.59 Å². The van der Waals surface area contributed by atoms with Crippen molar-refractivity contribution in [3.63, 3.8) is 0 Å². The molecule has 4 rings (SSSR count). The molecule has 1 aromatic heterocycles. The molecule has 9 heteroatoms. The van der Waals surface area contributed by atoms with Gasteiger partial charge in [0.05, 0.1) is 61.9 Å². The summed E-state index contributed by atoms with van der Waals surface area (Å²) in [6, 6.07) is 18.0. The Morgan fingerprint density at radius 3 is 2.37 bits per heavy atom. The Labute approximate surface area is 201 Å². The van der Waals surface area contributed by atoms with Crippen molar-refractivity contribution >= 4 is 28.5 Å². The number of fused-ring (bicyclic) bond motifs is 1. The first-order valence-electron chi connectivity index (χ1n) is 10.5. The van der Waals surface area contributed by atoms with Crippen LogP contribution in [0.5, 0.6) is 5.75 Å². The first kappa shape index (κ1) is 23.3. The van der Waals surface area contributed by atoms with E-state index in [-0.39, 0.29) is 22.7 Å². The Hall–Kier alpha value is -4.84. The van der Waals surface area contributed by atoms with Crippen LogP contribution in [0.4, 0.5) is 5.69 Å². The number of nitriles is 1. The highest BCUT2D eigenvalue weighted by molar-refractivity contribution is 6.08. The lowest BCUT2D eigenvalue weighted by Crippen LogP contribution is -2.40. The number of carbonyl (C=O) groups excluding carboxylic acids is 2. The average Bonchev–Trinajstić information content (AvgIpc) is 2.91. The van der Waals surface area contributed by atoms with Gasteiger partial charge < -0.3 is 19.9 Å². The van der Waals surface area contributed by atoms with Gasteiger partial charge in [0.1, 0.15) is 17.3 Å². The van der Waals surface area contributed by atoms with E-state index in [9.17, 15) is 14.9 Å². The van der Waals surface area contributed by atoms with Gasteiger partial charge in [0.15, 0.2) is 0 Å². The number of rotatable bonds is 5. The van der Waals surface area contributed by atoms with Crippen LogP contribution in [0.2, 0.25) is 0 Å². The van der Waals surface area contributed by atoms with Crippen LogP contribution in [0.15, 0.2) is 83.5 Å². The van der Waals surface area contributed by atoms with Crippen molar-refractivity contribution in [3.8, 4) is 11.8 Å². The van der Waals surface area contributed by atoms with E-state index in [1.807, 2.05) is 6.07 Å². The third-order valence-electron chi connectivity index (χ3n) is 5.75. The molecule has 0 bridgehead atoms. The maximum Gasteiger partial charge on any atom is 0.355 e. The van der Waals surface area contributed by atoms with Gasteiger partial charge in [-0.05, 0) is 17.7 Å². The maximum absolute atomic E-state index is 13.2. The number of ether oxygens (including phenoxy) is 3.